The van der Waals surface area contributed by atoms with Gasteiger partial charge in [0.25, 0.3) is 0 Å². The number of carboxylic acids is 1. The molecule has 0 atom stereocenters. The molecule has 0 fully saturated rings. The van der Waals surface area contributed by atoms with Crippen LogP contribution in [0.1, 0.15) is 19.3 Å². The molecule has 0 saturated heterocycles. The minimum absolute atomic E-state index is 0.103. The zero-order chi connectivity index (χ0) is 14.3. The maximum Gasteiger partial charge on any atom is 0.319 e. The molecule has 3 N–H and O–H groups in total. The van der Waals surface area contributed by atoms with Gasteiger partial charge in [0, 0.05) is 18.0 Å². The average Bonchev–Trinajstić information content (AvgIpc) is 2.32. The lowest BCUT2D eigenvalue weighted by molar-refractivity contribution is -0.137. The quantitative estimate of drug-likeness (QED) is 0.705. The van der Waals surface area contributed by atoms with Gasteiger partial charge in [0.2, 0.25) is 0 Å². The van der Waals surface area contributed by atoms with E-state index in [0.717, 1.165) is 0 Å². The first-order chi connectivity index (χ1) is 8.99. The maximum atomic E-state index is 11.5. The van der Waals surface area contributed by atoms with Crippen LogP contribution in [0, 0.1) is 0 Å². The average molecular weight is 305 g/mol. The molecule has 0 aliphatic carbocycles. The van der Waals surface area contributed by atoms with E-state index in [9.17, 15) is 9.59 Å². The number of halogens is 2. The van der Waals surface area contributed by atoms with Crippen LogP contribution < -0.4 is 10.6 Å². The van der Waals surface area contributed by atoms with E-state index in [-0.39, 0.29) is 12.5 Å². The molecule has 0 saturated carbocycles. The molecular formula is C12H14Cl2N2O3. The van der Waals surface area contributed by atoms with E-state index in [0.29, 0.717) is 35.1 Å². The van der Waals surface area contributed by atoms with E-state index in [1.54, 1.807) is 12.1 Å². The molecule has 0 aromatic heterocycles. The SMILES string of the molecule is O=C(O)CCCCNC(=O)Nc1ccc(Cl)cc1Cl. The third-order valence-corrected chi connectivity index (χ3v) is 2.83. The fraction of sp³-hybridized carbons (Fsp3) is 0.333. The van der Waals surface area contributed by atoms with Gasteiger partial charge in [0.1, 0.15) is 0 Å². The minimum Gasteiger partial charge on any atom is -0.481 e. The van der Waals surface area contributed by atoms with Gasteiger partial charge in [0.05, 0.1) is 10.7 Å². The number of anilines is 1. The summed E-state index contributed by atoms with van der Waals surface area (Å²) in [7, 11) is 0. The van der Waals surface area contributed by atoms with Crippen LogP contribution in [0.2, 0.25) is 10.0 Å². The Bertz CT molecular complexity index is 466. The summed E-state index contributed by atoms with van der Waals surface area (Å²) in [4.78, 5) is 21.8. The second kappa shape index (κ2) is 7.86. The molecule has 2 amide bonds. The van der Waals surface area contributed by atoms with Gasteiger partial charge in [-0.05, 0) is 31.0 Å². The van der Waals surface area contributed by atoms with Gasteiger partial charge in [0.15, 0.2) is 0 Å². The third kappa shape index (κ3) is 6.31. The van der Waals surface area contributed by atoms with Crippen LogP contribution in [-0.4, -0.2) is 23.7 Å². The van der Waals surface area contributed by atoms with E-state index in [1.165, 1.54) is 6.07 Å². The predicted molar refractivity (Wildman–Crippen MR) is 75.0 cm³/mol. The van der Waals surface area contributed by atoms with Crippen molar-refractivity contribution >= 4 is 40.9 Å². The van der Waals surface area contributed by atoms with Gasteiger partial charge in [-0.25, -0.2) is 4.79 Å². The Kier molecular flexibility index (Phi) is 6.45. The Morgan fingerprint density at radius 3 is 2.58 bits per heavy atom. The van der Waals surface area contributed by atoms with E-state index in [2.05, 4.69) is 10.6 Å². The van der Waals surface area contributed by atoms with Crippen molar-refractivity contribution in [3.8, 4) is 0 Å². The topological polar surface area (TPSA) is 78.4 Å². The summed E-state index contributed by atoms with van der Waals surface area (Å²) in [5, 5.41) is 14.5. The highest BCUT2D eigenvalue weighted by Gasteiger charge is 2.05. The number of hydrogen-bond acceptors (Lipinski definition) is 2. The predicted octanol–water partition coefficient (Wildman–Crippen LogP) is 3.37. The van der Waals surface area contributed by atoms with Crippen LogP contribution in [0.25, 0.3) is 0 Å². The van der Waals surface area contributed by atoms with Crippen molar-refractivity contribution in [2.45, 2.75) is 19.3 Å². The van der Waals surface area contributed by atoms with E-state index in [1.807, 2.05) is 0 Å². The number of nitrogens with one attached hydrogen (secondary N) is 2. The number of carbonyl (C=O) groups excluding carboxylic acids is 1. The molecular weight excluding hydrogens is 291 g/mol. The number of rotatable bonds is 6. The Hall–Kier alpha value is -1.46. The maximum absolute atomic E-state index is 11.5. The van der Waals surface area contributed by atoms with E-state index < -0.39 is 5.97 Å². The van der Waals surface area contributed by atoms with Gasteiger partial charge in [-0.1, -0.05) is 23.2 Å². The summed E-state index contributed by atoms with van der Waals surface area (Å²) in [5.41, 5.74) is 0.467. The molecule has 0 radical (unpaired) electrons. The van der Waals surface area contributed by atoms with Crippen molar-refractivity contribution in [2.75, 3.05) is 11.9 Å². The Labute approximate surface area is 120 Å². The number of carbonyl (C=O) groups is 2. The second-order valence-electron chi connectivity index (χ2n) is 3.86. The first-order valence-corrected chi connectivity index (χ1v) is 6.46. The summed E-state index contributed by atoms with van der Waals surface area (Å²) in [6, 6.07) is 4.37. The van der Waals surface area contributed by atoms with Crippen molar-refractivity contribution in [3.63, 3.8) is 0 Å². The van der Waals surface area contributed by atoms with Crippen LogP contribution in [0.3, 0.4) is 0 Å². The lowest BCUT2D eigenvalue weighted by Crippen LogP contribution is -2.29. The summed E-state index contributed by atoms with van der Waals surface area (Å²) in [6.07, 6.45) is 1.23. The molecule has 5 nitrogen and oxygen atoms in total. The van der Waals surface area contributed by atoms with Gasteiger partial charge in [-0.2, -0.15) is 0 Å². The molecule has 1 aromatic rings. The van der Waals surface area contributed by atoms with Crippen molar-refractivity contribution < 1.29 is 14.7 Å². The van der Waals surface area contributed by atoms with Crippen molar-refractivity contribution in [1.29, 1.82) is 0 Å². The van der Waals surface area contributed by atoms with Gasteiger partial charge in [-0.15, -0.1) is 0 Å². The minimum atomic E-state index is -0.836. The zero-order valence-electron chi connectivity index (χ0n) is 10.1. The number of urea groups is 1. The zero-order valence-corrected chi connectivity index (χ0v) is 11.6. The molecule has 0 heterocycles. The molecule has 0 aliphatic rings. The molecule has 1 rings (SSSR count). The highest BCUT2D eigenvalue weighted by Crippen LogP contribution is 2.25. The standard InChI is InChI=1S/C12H14Cl2N2O3/c13-8-4-5-10(9(14)7-8)16-12(19)15-6-2-1-3-11(17)18/h4-5,7H,1-3,6H2,(H,17,18)(H2,15,16,19). The van der Waals surface area contributed by atoms with E-state index in [4.69, 9.17) is 28.3 Å². The second-order valence-corrected chi connectivity index (χ2v) is 4.70. The number of benzene rings is 1. The number of aliphatic carboxylic acids is 1. The van der Waals surface area contributed by atoms with E-state index >= 15 is 0 Å². The Morgan fingerprint density at radius 2 is 1.95 bits per heavy atom. The fourth-order valence-corrected chi connectivity index (χ4v) is 1.82. The van der Waals surface area contributed by atoms with Crippen molar-refractivity contribution in [2.24, 2.45) is 0 Å². The van der Waals surface area contributed by atoms with Crippen LogP contribution in [0.5, 0.6) is 0 Å². The highest BCUT2D eigenvalue weighted by atomic mass is 35.5. The third-order valence-electron chi connectivity index (χ3n) is 2.28. The molecule has 0 bridgehead atoms. The number of carboxylic acid groups (broad SMARTS) is 1. The summed E-state index contributed by atoms with van der Waals surface area (Å²) >= 11 is 11.6. The van der Waals surface area contributed by atoms with Crippen LogP contribution in [0.15, 0.2) is 18.2 Å². The molecule has 104 valence electrons. The first-order valence-electron chi connectivity index (χ1n) is 5.70. The van der Waals surface area contributed by atoms with Gasteiger partial charge >= 0.3 is 12.0 Å². The lowest BCUT2D eigenvalue weighted by Gasteiger charge is -2.08. The molecule has 0 aliphatic heterocycles. The number of hydrogen-bond donors (Lipinski definition) is 3. The normalized spacial score (nSPS) is 10.0. The fourth-order valence-electron chi connectivity index (χ4n) is 1.36. The summed E-state index contributed by atoms with van der Waals surface area (Å²) in [5.74, 6) is -0.836. The summed E-state index contributed by atoms with van der Waals surface area (Å²) < 4.78 is 0. The largest absolute Gasteiger partial charge is 0.481 e. The molecule has 19 heavy (non-hydrogen) atoms. The smallest absolute Gasteiger partial charge is 0.319 e. The molecule has 0 spiro atoms. The molecule has 0 unspecified atom stereocenters. The molecule has 1 aromatic carbocycles. The Balaban J connectivity index is 2.29. The number of amides is 2. The number of unbranched alkanes of at least 4 members (excludes halogenated alkanes) is 1. The van der Waals surface area contributed by atoms with Crippen LogP contribution >= 0.6 is 23.2 Å². The lowest BCUT2D eigenvalue weighted by atomic mass is 10.2. The van der Waals surface area contributed by atoms with Gasteiger partial charge < -0.3 is 15.7 Å². The monoisotopic (exact) mass is 304 g/mol. The van der Waals surface area contributed by atoms with Crippen LogP contribution in [0.4, 0.5) is 10.5 Å². The Morgan fingerprint density at radius 1 is 1.21 bits per heavy atom. The van der Waals surface area contributed by atoms with Crippen molar-refractivity contribution in [3.05, 3.63) is 28.2 Å². The van der Waals surface area contributed by atoms with Crippen molar-refractivity contribution in [1.82, 2.24) is 5.32 Å². The van der Waals surface area contributed by atoms with Crippen LogP contribution in [-0.2, 0) is 4.79 Å². The summed E-state index contributed by atoms with van der Waals surface area (Å²) in [6.45, 7) is 0.407. The molecule has 7 heteroatoms. The highest BCUT2D eigenvalue weighted by molar-refractivity contribution is 6.36. The first kappa shape index (κ1) is 15.6. The van der Waals surface area contributed by atoms with Gasteiger partial charge in [-0.3, -0.25) is 4.79 Å².